The third-order valence-corrected chi connectivity index (χ3v) is 4.99. The molecule has 1 fully saturated rings. The van der Waals surface area contributed by atoms with Gasteiger partial charge >= 0.3 is 0 Å². The molecule has 1 N–H and O–H groups in total. The Kier molecular flexibility index (Phi) is 4.40. The molecule has 6 heteroatoms. The first-order valence-corrected chi connectivity index (χ1v) is 8.05. The molecule has 0 radical (unpaired) electrons. The number of halogens is 3. The lowest BCUT2D eigenvalue weighted by molar-refractivity contribution is 0.0945. The molecule has 2 nitrogen and oxygen atoms in total. The van der Waals surface area contributed by atoms with E-state index in [2.05, 4.69) is 21.2 Å². The molecule has 1 aromatic rings. The molecule has 94 valence electrons. The fourth-order valence-electron chi connectivity index (χ4n) is 1.75. The summed E-state index contributed by atoms with van der Waals surface area (Å²) in [7, 11) is 0. The van der Waals surface area contributed by atoms with Crippen LogP contribution in [0.4, 0.5) is 0 Å². The molecule has 0 aromatic carbocycles. The minimum absolute atomic E-state index is 0.126. The van der Waals surface area contributed by atoms with Crippen LogP contribution < -0.4 is 5.32 Å². The van der Waals surface area contributed by atoms with E-state index in [0.717, 1.165) is 18.3 Å². The van der Waals surface area contributed by atoms with E-state index in [1.807, 2.05) is 0 Å². The molecule has 1 heterocycles. The van der Waals surface area contributed by atoms with E-state index in [4.69, 9.17) is 23.2 Å². The predicted molar refractivity (Wildman–Crippen MR) is 76.8 cm³/mol. The first-order valence-electron chi connectivity index (χ1n) is 5.35. The van der Waals surface area contributed by atoms with Crippen molar-refractivity contribution >= 4 is 56.4 Å². The Morgan fingerprint density at radius 1 is 1.53 bits per heavy atom. The highest BCUT2D eigenvalue weighted by Crippen LogP contribution is 2.48. The summed E-state index contributed by atoms with van der Waals surface area (Å²) in [5.41, 5.74) is 0.794. The second kappa shape index (κ2) is 5.47. The van der Waals surface area contributed by atoms with Crippen LogP contribution >= 0.6 is 50.5 Å². The van der Waals surface area contributed by atoms with E-state index < -0.39 is 0 Å². The smallest absolute Gasteiger partial charge is 0.253 e. The Bertz CT molecular complexity index is 431. The molecule has 0 saturated heterocycles. The van der Waals surface area contributed by atoms with Gasteiger partial charge in [-0.2, -0.15) is 0 Å². The third-order valence-electron chi connectivity index (χ3n) is 3.11. The summed E-state index contributed by atoms with van der Waals surface area (Å²) < 4.78 is 1.000. The van der Waals surface area contributed by atoms with Crippen LogP contribution in [-0.2, 0) is 0 Å². The summed E-state index contributed by atoms with van der Waals surface area (Å²) >= 11 is 16.4. The number of carbonyl (C=O) groups is 1. The molecule has 1 saturated carbocycles. The zero-order chi connectivity index (χ0) is 12.5. The summed E-state index contributed by atoms with van der Waals surface area (Å²) in [4.78, 5) is 11.9. The molecule has 0 aliphatic heterocycles. The van der Waals surface area contributed by atoms with Gasteiger partial charge in [-0.25, -0.2) is 0 Å². The largest absolute Gasteiger partial charge is 0.351 e. The summed E-state index contributed by atoms with van der Waals surface area (Å²) in [5.74, 6) is -0.126. The number of rotatable bonds is 5. The van der Waals surface area contributed by atoms with Gasteiger partial charge in [0.15, 0.2) is 0 Å². The van der Waals surface area contributed by atoms with Crippen molar-refractivity contribution in [2.75, 3.05) is 11.9 Å². The number of thiophene rings is 1. The van der Waals surface area contributed by atoms with Crippen LogP contribution in [0.2, 0.25) is 8.67 Å². The molecular formula is C11H12BrCl2NOS. The van der Waals surface area contributed by atoms with E-state index in [9.17, 15) is 4.79 Å². The van der Waals surface area contributed by atoms with Gasteiger partial charge in [0.1, 0.15) is 4.34 Å². The average molecular weight is 357 g/mol. The van der Waals surface area contributed by atoms with Crippen LogP contribution in [0, 0.1) is 5.41 Å². The third kappa shape index (κ3) is 3.37. The fourth-order valence-corrected chi connectivity index (χ4v) is 4.05. The van der Waals surface area contributed by atoms with Gasteiger partial charge in [-0.3, -0.25) is 4.79 Å². The summed E-state index contributed by atoms with van der Waals surface area (Å²) in [6.07, 6.45) is 3.49. The van der Waals surface area contributed by atoms with Crippen LogP contribution in [0.1, 0.15) is 29.6 Å². The topological polar surface area (TPSA) is 29.1 Å². The monoisotopic (exact) mass is 355 g/mol. The predicted octanol–water partition coefficient (Wildman–Crippen LogP) is 4.35. The number of nitrogens with one attached hydrogen (secondary N) is 1. The van der Waals surface area contributed by atoms with E-state index in [0.29, 0.717) is 19.7 Å². The van der Waals surface area contributed by atoms with Gasteiger partial charge in [0.2, 0.25) is 0 Å². The molecular weight excluding hydrogens is 345 g/mol. The summed E-state index contributed by atoms with van der Waals surface area (Å²) in [6.45, 7) is 0.723. The second-order valence-electron chi connectivity index (χ2n) is 4.36. The lowest BCUT2D eigenvalue weighted by Crippen LogP contribution is -2.30. The summed E-state index contributed by atoms with van der Waals surface area (Å²) in [6, 6.07) is 1.62. The van der Waals surface area contributed by atoms with Crippen molar-refractivity contribution in [1.29, 1.82) is 0 Å². The number of carbonyl (C=O) groups excluding carboxylic acids is 1. The second-order valence-corrected chi connectivity index (χ2v) is 7.44. The van der Waals surface area contributed by atoms with Gasteiger partial charge in [0.25, 0.3) is 5.91 Å². The minimum atomic E-state index is -0.126. The van der Waals surface area contributed by atoms with Crippen LogP contribution in [-0.4, -0.2) is 17.8 Å². The molecule has 2 rings (SSSR count). The van der Waals surface area contributed by atoms with Crippen LogP contribution in [0.5, 0.6) is 0 Å². The van der Waals surface area contributed by atoms with Crippen LogP contribution in [0.3, 0.4) is 0 Å². The molecule has 0 atom stereocenters. The Labute approximate surface area is 123 Å². The van der Waals surface area contributed by atoms with Crippen molar-refractivity contribution in [3.8, 4) is 0 Å². The van der Waals surface area contributed by atoms with Gasteiger partial charge < -0.3 is 5.32 Å². The van der Waals surface area contributed by atoms with Gasteiger partial charge in [-0.1, -0.05) is 39.1 Å². The molecule has 17 heavy (non-hydrogen) atoms. The first-order chi connectivity index (χ1) is 8.06. The Morgan fingerprint density at radius 2 is 2.24 bits per heavy atom. The lowest BCUT2D eigenvalue weighted by Gasteiger charge is -2.14. The molecule has 0 bridgehead atoms. The number of hydrogen-bond donors (Lipinski definition) is 1. The van der Waals surface area contributed by atoms with Crippen molar-refractivity contribution in [1.82, 2.24) is 5.32 Å². The summed E-state index contributed by atoms with van der Waals surface area (Å²) in [5, 5.41) is 3.92. The highest BCUT2D eigenvalue weighted by molar-refractivity contribution is 9.09. The Morgan fingerprint density at radius 3 is 2.71 bits per heavy atom. The van der Waals surface area contributed by atoms with E-state index >= 15 is 0 Å². The Balaban J connectivity index is 1.92. The fraction of sp³-hybridized carbons (Fsp3) is 0.545. The highest BCUT2D eigenvalue weighted by Gasteiger charge is 2.41. The van der Waals surface area contributed by atoms with Crippen molar-refractivity contribution < 1.29 is 4.79 Å². The zero-order valence-electron chi connectivity index (χ0n) is 9.06. The minimum Gasteiger partial charge on any atom is -0.351 e. The first kappa shape index (κ1) is 13.7. The zero-order valence-corrected chi connectivity index (χ0v) is 13.0. The number of alkyl halides is 1. The van der Waals surface area contributed by atoms with Crippen LogP contribution in [0.15, 0.2) is 6.07 Å². The molecule has 0 unspecified atom stereocenters. The molecule has 1 aliphatic carbocycles. The highest BCUT2D eigenvalue weighted by atomic mass is 79.9. The van der Waals surface area contributed by atoms with Crippen LogP contribution in [0.25, 0.3) is 0 Å². The maximum Gasteiger partial charge on any atom is 0.253 e. The standard InChI is InChI=1S/C11H12BrCl2NOS/c12-4-3-11(1-2-11)6-15-10(16)7-5-8(13)17-9(7)14/h5H,1-4,6H2,(H,15,16). The van der Waals surface area contributed by atoms with Gasteiger partial charge in [-0.15, -0.1) is 11.3 Å². The van der Waals surface area contributed by atoms with Gasteiger partial charge in [0.05, 0.1) is 9.90 Å². The maximum atomic E-state index is 11.9. The van der Waals surface area contributed by atoms with Gasteiger partial charge in [-0.05, 0) is 30.7 Å². The molecule has 1 aromatic heterocycles. The average Bonchev–Trinajstić information content (AvgIpc) is 2.95. The van der Waals surface area contributed by atoms with Crippen molar-refractivity contribution in [2.24, 2.45) is 5.41 Å². The SMILES string of the molecule is O=C(NCC1(CCBr)CC1)c1cc(Cl)sc1Cl. The van der Waals surface area contributed by atoms with Gasteiger partial charge in [0, 0.05) is 11.9 Å². The Hall–Kier alpha value is 0.230. The quantitative estimate of drug-likeness (QED) is 0.780. The van der Waals surface area contributed by atoms with E-state index in [1.54, 1.807) is 6.07 Å². The van der Waals surface area contributed by atoms with Crippen molar-refractivity contribution in [2.45, 2.75) is 19.3 Å². The number of hydrogen-bond acceptors (Lipinski definition) is 2. The molecule has 1 amide bonds. The number of amides is 1. The maximum absolute atomic E-state index is 11.9. The van der Waals surface area contributed by atoms with Crippen molar-refractivity contribution in [3.63, 3.8) is 0 Å². The van der Waals surface area contributed by atoms with Crippen molar-refractivity contribution in [3.05, 3.63) is 20.3 Å². The molecule has 0 spiro atoms. The lowest BCUT2D eigenvalue weighted by atomic mass is 10.0. The normalized spacial score (nSPS) is 16.9. The van der Waals surface area contributed by atoms with E-state index in [1.165, 1.54) is 24.2 Å². The van der Waals surface area contributed by atoms with E-state index in [-0.39, 0.29) is 5.91 Å². The molecule has 1 aliphatic rings.